The molecule has 1 rings (SSSR count). The largest absolute Gasteiger partial charge is 0.377 e. The van der Waals surface area contributed by atoms with Gasteiger partial charge in [0.1, 0.15) is 5.82 Å². The summed E-state index contributed by atoms with van der Waals surface area (Å²) in [6.07, 6.45) is 7.22. The summed E-state index contributed by atoms with van der Waals surface area (Å²) in [6, 6.07) is 0.400. The topological polar surface area (TPSA) is 39.1 Å². The lowest BCUT2D eigenvalue weighted by Crippen LogP contribution is -2.39. The van der Waals surface area contributed by atoms with Crippen LogP contribution < -0.4 is 5.32 Å². The van der Waals surface area contributed by atoms with Gasteiger partial charge in [0.05, 0.1) is 6.10 Å². The fourth-order valence-corrected chi connectivity index (χ4v) is 2.17. The van der Waals surface area contributed by atoms with Crippen molar-refractivity contribution >= 4 is 0 Å². The average Bonchev–Trinajstić information content (AvgIpc) is 2.74. The Labute approximate surface area is 104 Å². The van der Waals surface area contributed by atoms with Crippen LogP contribution in [0.5, 0.6) is 0 Å². The Kier molecular flexibility index (Phi) is 6.22. The van der Waals surface area contributed by atoms with Gasteiger partial charge in [0.2, 0.25) is 0 Å². The first-order valence-electron chi connectivity index (χ1n) is 6.47. The van der Waals surface area contributed by atoms with Gasteiger partial charge in [-0.1, -0.05) is 6.92 Å². The third-order valence-electron chi connectivity index (χ3n) is 3.20. The molecule has 0 saturated carbocycles. The van der Waals surface area contributed by atoms with Crippen molar-refractivity contribution in [3.05, 3.63) is 18.2 Å². The molecule has 1 aromatic heterocycles. The summed E-state index contributed by atoms with van der Waals surface area (Å²) in [5.41, 5.74) is 0. The van der Waals surface area contributed by atoms with Crippen molar-refractivity contribution in [2.24, 2.45) is 7.05 Å². The SMILES string of the molecule is CCOC(CC)C(CCc1nccn1C)NC. The van der Waals surface area contributed by atoms with Gasteiger partial charge in [-0.05, 0) is 26.8 Å². The Bertz CT molecular complexity index is 311. The lowest BCUT2D eigenvalue weighted by atomic mass is 10.0. The van der Waals surface area contributed by atoms with Crippen LogP contribution in [0.15, 0.2) is 12.4 Å². The summed E-state index contributed by atoms with van der Waals surface area (Å²) < 4.78 is 7.83. The van der Waals surface area contributed by atoms with E-state index in [1.807, 2.05) is 33.4 Å². The number of nitrogens with zero attached hydrogens (tertiary/aromatic N) is 2. The Balaban J connectivity index is 2.49. The van der Waals surface area contributed by atoms with Crippen molar-refractivity contribution in [2.75, 3.05) is 13.7 Å². The van der Waals surface area contributed by atoms with Crippen LogP contribution in [0.2, 0.25) is 0 Å². The van der Waals surface area contributed by atoms with Gasteiger partial charge in [0, 0.05) is 38.5 Å². The highest BCUT2D eigenvalue weighted by Gasteiger charge is 2.18. The zero-order valence-electron chi connectivity index (χ0n) is 11.4. The normalized spacial score (nSPS) is 14.8. The number of hydrogen-bond acceptors (Lipinski definition) is 3. The molecule has 0 amide bonds. The van der Waals surface area contributed by atoms with Crippen LogP contribution in [0.1, 0.15) is 32.5 Å². The van der Waals surface area contributed by atoms with Gasteiger partial charge in [0.25, 0.3) is 0 Å². The number of aryl methyl sites for hydroxylation is 2. The molecule has 0 bridgehead atoms. The third kappa shape index (κ3) is 4.13. The van der Waals surface area contributed by atoms with Crippen molar-refractivity contribution in [1.29, 1.82) is 0 Å². The number of aromatic nitrogens is 2. The van der Waals surface area contributed by atoms with Crippen LogP contribution in [0.4, 0.5) is 0 Å². The molecule has 0 aliphatic carbocycles. The van der Waals surface area contributed by atoms with Crippen LogP contribution in [-0.2, 0) is 18.2 Å². The molecule has 0 radical (unpaired) electrons. The molecule has 2 unspecified atom stereocenters. The second kappa shape index (κ2) is 7.45. The second-order valence-electron chi connectivity index (χ2n) is 4.29. The van der Waals surface area contributed by atoms with E-state index < -0.39 is 0 Å². The van der Waals surface area contributed by atoms with E-state index in [1.165, 1.54) is 0 Å². The highest BCUT2D eigenvalue weighted by Crippen LogP contribution is 2.11. The smallest absolute Gasteiger partial charge is 0.108 e. The Hall–Kier alpha value is -0.870. The molecule has 0 aliphatic rings. The van der Waals surface area contributed by atoms with Crippen LogP contribution in [-0.4, -0.2) is 35.4 Å². The van der Waals surface area contributed by atoms with Gasteiger partial charge in [-0.3, -0.25) is 0 Å². The summed E-state index contributed by atoms with van der Waals surface area (Å²) in [7, 11) is 4.04. The molecule has 98 valence electrons. The molecule has 4 nitrogen and oxygen atoms in total. The van der Waals surface area contributed by atoms with E-state index in [0.717, 1.165) is 31.7 Å². The molecule has 17 heavy (non-hydrogen) atoms. The average molecular weight is 239 g/mol. The number of imidazole rings is 1. The van der Waals surface area contributed by atoms with Crippen LogP contribution in [0, 0.1) is 0 Å². The van der Waals surface area contributed by atoms with Gasteiger partial charge in [0.15, 0.2) is 0 Å². The zero-order valence-corrected chi connectivity index (χ0v) is 11.4. The van der Waals surface area contributed by atoms with E-state index in [-0.39, 0.29) is 0 Å². The first-order chi connectivity index (χ1) is 8.22. The maximum Gasteiger partial charge on any atom is 0.108 e. The van der Waals surface area contributed by atoms with Crippen molar-refractivity contribution in [3.63, 3.8) is 0 Å². The van der Waals surface area contributed by atoms with Crippen molar-refractivity contribution in [2.45, 2.75) is 45.3 Å². The predicted molar refractivity (Wildman–Crippen MR) is 70.1 cm³/mol. The summed E-state index contributed by atoms with van der Waals surface area (Å²) >= 11 is 0. The van der Waals surface area contributed by atoms with Gasteiger partial charge in [-0.15, -0.1) is 0 Å². The standard InChI is InChI=1S/C13H25N3O/c1-5-12(17-6-2)11(14-3)7-8-13-15-9-10-16(13)4/h9-12,14H,5-8H2,1-4H3. The second-order valence-corrected chi connectivity index (χ2v) is 4.29. The van der Waals surface area contributed by atoms with Gasteiger partial charge >= 0.3 is 0 Å². The molecule has 0 spiro atoms. The Morgan fingerprint density at radius 1 is 1.47 bits per heavy atom. The molecule has 1 aromatic rings. The molecule has 0 fully saturated rings. The molecule has 1 N–H and O–H groups in total. The Morgan fingerprint density at radius 3 is 2.71 bits per heavy atom. The first kappa shape index (κ1) is 14.2. The van der Waals surface area contributed by atoms with Crippen LogP contribution in [0.3, 0.4) is 0 Å². The maximum absolute atomic E-state index is 5.75. The number of nitrogens with one attached hydrogen (secondary N) is 1. The van der Waals surface area contributed by atoms with E-state index in [4.69, 9.17) is 4.74 Å². The van der Waals surface area contributed by atoms with Gasteiger partial charge in [-0.25, -0.2) is 4.98 Å². The molecular formula is C13H25N3O. The highest BCUT2D eigenvalue weighted by atomic mass is 16.5. The fraction of sp³-hybridized carbons (Fsp3) is 0.769. The lowest BCUT2D eigenvalue weighted by Gasteiger charge is -2.25. The van der Waals surface area contributed by atoms with Crippen LogP contribution >= 0.6 is 0 Å². The van der Waals surface area contributed by atoms with Crippen LogP contribution in [0.25, 0.3) is 0 Å². The summed E-state index contributed by atoms with van der Waals surface area (Å²) in [5.74, 6) is 1.14. The molecule has 0 aliphatic heterocycles. The highest BCUT2D eigenvalue weighted by molar-refractivity contribution is 4.92. The molecule has 2 atom stereocenters. The predicted octanol–water partition coefficient (Wildman–Crippen LogP) is 1.76. The van der Waals surface area contributed by atoms with Crippen molar-refractivity contribution in [3.8, 4) is 0 Å². The maximum atomic E-state index is 5.75. The van der Waals surface area contributed by atoms with Gasteiger partial charge < -0.3 is 14.6 Å². The third-order valence-corrected chi connectivity index (χ3v) is 3.20. The number of ether oxygens (including phenoxy) is 1. The summed E-state index contributed by atoms with van der Waals surface area (Å²) in [5, 5.41) is 3.36. The number of rotatable bonds is 8. The summed E-state index contributed by atoms with van der Waals surface area (Å²) in [4.78, 5) is 4.35. The summed E-state index contributed by atoms with van der Waals surface area (Å²) in [6.45, 7) is 5.00. The monoisotopic (exact) mass is 239 g/mol. The van der Waals surface area contributed by atoms with Crippen molar-refractivity contribution in [1.82, 2.24) is 14.9 Å². The molecule has 4 heteroatoms. The minimum absolute atomic E-state index is 0.297. The molecule has 0 saturated heterocycles. The quantitative estimate of drug-likeness (QED) is 0.751. The molecule has 1 heterocycles. The first-order valence-corrected chi connectivity index (χ1v) is 6.47. The van der Waals surface area contributed by atoms with E-state index in [9.17, 15) is 0 Å². The van der Waals surface area contributed by atoms with E-state index in [2.05, 4.69) is 21.8 Å². The molecule has 0 aromatic carbocycles. The van der Waals surface area contributed by atoms with E-state index in [0.29, 0.717) is 12.1 Å². The Morgan fingerprint density at radius 2 is 2.24 bits per heavy atom. The van der Waals surface area contributed by atoms with Gasteiger partial charge in [-0.2, -0.15) is 0 Å². The van der Waals surface area contributed by atoms with E-state index in [1.54, 1.807) is 0 Å². The lowest BCUT2D eigenvalue weighted by molar-refractivity contribution is 0.0316. The van der Waals surface area contributed by atoms with Crippen molar-refractivity contribution < 1.29 is 4.74 Å². The van der Waals surface area contributed by atoms with E-state index >= 15 is 0 Å². The number of likely N-dealkylation sites (N-methyl/N-ethyl adjacent to an activating group) is 1. The minimum Gasteiger partial charge on any atom is -0.377 e. The minimum atomic E-state index is 0.297. The zero-order chi connectivity index (χ0) is 12.7. The molecular weight excluding hydrogens is 214 g/mol. The fourth-order valence-electron chi connectivity index (χ4n) is 2.17. The number of hydrogen-bond donors (Lipinski definition) is 1.